The minimum absolute atomic E-state index is 0.344. The Morgan fingerprint density at radius 1 is 1.27 bits per heavy atom. The van der Waals surface area contributed by atoms with Crippen LogP contribution in [-0.4, -0.2) is 18.2 Å². The quantitative estimate of drug-likeness (QED) is 0.636. The van der Waals surface area contributed by atoms with E-state index in [-0.39, 0.29) is 5.82 Å². The predicted molar refractivity (Wildman–Crippen MR) is 114 cm³/mol. The minimum atomic E-state index is -0.344. The van der Waals surface area contributed by atoms with E-state index >= 15 is 0 Å². The highest BCUT2D eigenvalue weighted by molar-refractivity contribution is 9.10. The molecule has 0 radical (unpaired) electrons. The zero-order valence-electron chi connectivity index (χ0n) is 14.8. The molecule has 138 valence electrons. The van der Waals surface area contributed by atoms with Crippen molar-refractivity contribution < 1.29 is 4.39 Å². The van der Waals surface area contributed by atoms with Gasteiger partial charge in [0, 0.05) is 29.8 Å². The maximum absolute atomic E-state index is 13.8. The lowest BCUT2D eigenvalue weighted by Crippen LogP contribution is -2.34. The Hall–Kier alpha value is -1.66. The number of rotatable bonds is 4. The van der Waals surface area contributed by atoms with Crippen LogP contribution in [0.2, 0.25) is 0 Å². The summed E-state index contributed by atoms with van der Waals surface area (Å²) < 4.78 is 14.5. The van der Waals surface area contributed by atoms with Gasteiger partial charge in [-0.05, 0) is 66.9 Å². The molecular formula is C20H23BrFN3S. The van der Waals surface area contributed by atoms with E-state index in [4.69, 9.17) is 12.2 Å². The summed E-state index contributed by atoms with van der Waals surface area (Å²) in [5.41, 5.74) is 2.78. The average Bonchev–Trinajstić information content (AvgIpc) is 2.63. The van der Waals surface area contributed by atoms with Crippen LogP contribution in [0.3, 0.4) is 0 Å². The van der Waals surface area contributed by atoms with E-state index in [2.05, 4.69) is 62.7 Å². The highest BCUT2D eigenvalue weighted by atomic mass is 79.9. The van der Waals surface area contributed by atoms with Crippen molar-refractivity contribution in [2.45, 2.75) is 26.3 Å². The van der Waals surface area contributed by atoms with Gasteiger partial charge >= 0.3 is 0 Å². The Morgan fingerprint density at radius 3 is 2.73 bits per heavy atom. The monoisotopic (exact) mass is 435 g/mol. The van der Waals surface area contributed by atoms with E-state index < -0.39 is 0 Å². The highest BCUT2D eigenvalue weighted by Crippen LogP contribution is 2.23. The summed E-state index contributed by atoms with van der Waals surface area (Å²) in [6.07, 6.45) is 2.58. The molecule has 2 aromatic rings. The normalized spacial score (nSPS) is 17.0. The van der Waals surface area contributed by atoms with Gasteiger partial charge in [0.15, 0.2) is 5.11 Å². The third kappa shape index (κ3) is 5.17. The SMILES string of the molecule is C[C@@H]1CCCN(c2ccc(CNC(=S)Nc3ccc(Br)cc3F)cc2)C1. The molecule has 2 N–H and O–H groups in total. The molecule has 0 spiro atoms. The summed E-state index contributed by atoms with van der Waals surface area (Å²) in [4.78, 5) is 2.45. The number of hydrogen-bond donors (Lipinski definition) is 2. The van der Waals surface area contributed by atoms with Crippen molar-refractivity contribution in [1.29, 1.82) is 0 Å². The van der Waals surface area contributed by atoms with Gasteiger partial charge in [0.25, 0.3) is 0 Å². The van der Waals surface area contributed by atoms with Crippen LogP contribution in [0.4, 0.5) is 15.8 Å². The zero-order chi connectivity index (χ0) is 18.5. The first-order chi connectivity index (χ1) is 12.5. The van der Waals surface area contributed by atoms with E-state index in [1.807, 2.05) is 0 Å². The number of nitrogens with one attached hydrogen (secondary N) is 2. The maximum Gasteiger partial charge on any atom is 0.171 e. The van der Waals surface area contributed by atoms with Crippen LogP contribution in [0.5, 0.6) is 0 Å². The second-order valence-electron chi connectivity index (χ2n) is 6.79. The van der Waals surface area contributed by atoms with Crippen molar-refractivity contribution in [2.24, 2.45) is 5.92 Å². The first-order valence-electron chi connectivity index (χ1n) is 8.85. The Morgan fingerprint density at radius 2 is 2.04 bits per heavy atom. The highest BCUT2D eigenvalue weighted by Gasteiger charge is 2.16. The third-order valence-electron chi connectivity index (χ3n) is 4.59. The largest absolute Gasteiger partial charge is 0.371 e. The molecule has 1 heterocycles. The van der Waals surface area contributed by atoms with Crippen molar-refractivity contribution in [3.05, 3.63) is 58.3 Å². The average molecular weight is 436 g/mol. The van der Waals surface area contributed by atoms with Gasteiger partial charge in [-0.1, -0.05) is 35.0 Å². The number of nitrogens with zero attached hydrogens (tertiary/aromatic N) is 1. The third-order valence-corrected chi connectivity index (χ3v) is 5.33. The fourth-order valence-electron chi connectivity index (χ4n) is 3.19. The lowest BCUT2D eigenvalue weighted by molar-refractivity contribution is 0.447. The second kappa shape index (κ2) is 8.82. The van der Waals surface area contributed by atoms with Gasteiger partial charge in [-0.2, -0.15) is 0 Å². The molecule has 26 heavy (non-hydrogen) atoms. The number of halogens is 2. The number of thiocarbonyl (C=S) groups is 1. The van der Waals surface area contributed by atoms with Crippen LogP contribution in [0.15, 0.2) is 46.9 Å². The van der Waals surface area contributed by atoms with Crippen LogP contribution in [-0.2, 0) is 6.54 Å². The molecule has 1 aliphatic rings. The number of hydrogen-bond acceptors (Lipinski definition) is 2. The molecule has 0 unspecified atom stereocenters. The van der Waals surface area contributed by atoms with Gasteiger partial charge in [-0.25, -0.2) is 4.39 Å². The van der Waals surface area contributed by atoms with Gasteiger partial charge in [0.05, 0.1) is 5.69 Å². The number of benzene rings is 2. The lowest BCUT2D eigenvalue weighted by atomic mass is 9.99. The molecule has 0 bridgehead atoms. The van der Waals surface area contributed by atoms with E-state index in [9.17, 15) is 4.39 Å². The maximum atomic E-state index is 13.8. The van der Waals surface area contributed by atoms with Crippen molar-refractivity contribution in [3.63, 3.8) is 0 Å². The number of anilines is 2. The summed E-state index contributed by atoms with van der Waals surface area (Å²) in [7, 11) is 0. The predicted octanol–water partition coefficient (Wildman–Crippen LogP) is 5.31. The van der Waals surface area contributed by atoms with E-state index in [1.54, 1.807) is 12.1 Å². The van der Waals surface area contributed by atoms with Crippen molar-refractivity contribution in [1.82, 2.24) is 5.32 Å². The van der Waals surface area contributed by atoms with Gasteiger partial charge in [-0.3, -0.25) is 0 Å². The smallest absolute Gasteiger partial charge is 0.171 e. The number of piperidine rings is 1. The molecule has 1 aliphatic heterocycles. The van der Waals surface area contributed by atoms with Crippen LogP contribution in [0.1, 0.15) is 25.3 Å². The van der Waals surface area contributed by atoms with Gasteiger partial charge in [-0.15, -0.1) is 0 Å². The Labute approximate surface area is 168 Å². The van der Waals surface area contributed by atoms with Crippen molar-refractivity contribution in [2.75, 3.05) is 23.3 Å². The summed E-state index contributed by atoms with van der Waals surface area (Å²) >= 11 is 8.50. The first-order valence-corrected chi connectivity index (χ1v) is 10.0. The zero-order valence-corrected chi connectivity index (χ0v) is 17.2. The molecule has 3 nitrogen and oxygen atoms in total. The van der Waals surface area contributed by atoms with Crippen molar-refractivity contribution in [3.8, 4) is 0 Å². The van der Waals surface area contributed by atoms with Gasteiger partial charge in [0.2, 0.25) is 0 Å². The molecule has 1 fully saturated rings. The second-order valence-corrected chi connectivity index (χ2v) is 8.12. The molecule has 0 aliphatic carbocycles. The minimum Gasteiger partial charge on any atom is -0.371 e. The molecule has 6 heteroatoms. The van der Waals surface area contributed by atoms with Crippen LogP contribution >= 0.6 is 28.1 Å². The Kier molecular flexibility index (Phi) is 6.48. The Bertz CT molecular complexity index is 766. The summed E-state index contributed by atoms with van der Waals surface area (Å²) in [5.74, 6) is 0.413. The summed E-state index contributed by atoms with van der Waals surface area (Å²) in [6, 6.07) is 13.4. The summed E-state index contributed by atoms with van der Waals surface area (Å²) in [5, 5.41) is 6.42. The van der Waals surface area contributed by atoms with E-state index in [1.165, 1.54) is 24.6 Å². The molecule has 0 saturated carbocycles. The fraction of sp³-hybridized carbons (Fsp3) is 0.350. The van der Waals surface area contributed by atoms with Crippen LogP contribution in [0, 0.1) is 11.7 Å². The van der Waals surface area contributed by atoms with Crippen molar-refractivity contribution >= 4 is 44.6 Å². The van der Waals surface area contributed by atoms with E-state index in [0.717, 1.165) is 24.6 Å². The van der Waals surface area contributed by atoms with Crippen LogP contribution < -0.4 is 15.5 Å². The molecule has 0 aromatic heterocycles. The summed E-state index contributed by atoms with van der Waals surface area (Å²) in [6.45, 7) is 5.17. The standard InChI is InChI=1S/C20H23BrFN3S/c1-14-3-2-10-25(13-14)17-7-4-15(5-8-17)12-23-20(26)24-19-9-6-16(21)11-18(19)22/h4-9,11,14H,2-3,10,12-13H2,1H3,(H2,23,24,26)/t14-/m1/s1. The van der Waals surface area contributed by atoms with Gasteiger partial charge in [0.1, 0.15) is 5.82 Å². The molecule has 2 aromatic carbocycles. The van der Waals surface area contributed by atoms with E-state index in [0.29, 0.717) is 21.8 Å². The molecule has 1 atom stereocenters. The first kappa shape index (κ1) is 19.1. The lowest BCUT2D eigenvalue weighted by Gasteiger charge is -2.32. The Balaban J connectivity index is 1.52. The van der Waals surface area contributed by atoms with Gasteiger partial charge < -0.3 is 15.5 Å². The molecule has 0 amide bonds. The molecular weight excluding hydrogens is 413 g/mol. The topological polar surface area (TPSA) is 27.3 Å². The fourth-order valence-corrected chi connectivity index (χ4v) is 3.70. The molecule has 3 rings (SSSR count). The van der Waals surface area contributed by atoms with Crippen LogP contribution in [0.25, 0.3) is 0 Å². The molecule has 1 saturated heterocycles.